The predicted octanol–water partition coefficient (Wildman–Crippen LogP) is 4.12. The number of benzene rings is 1. The van der Waals surface area contributed by atoms with Crippen LogP contribution in [-0.4, -0.2) is 18.6 Å². The van der Waals surface area contributed by atoms with Gasteiger partial charge in [-0.25, -0.2) is 4.79 Å². The predicted molar refractivity (Wildman–Crippen MR) is 82.0 cm³/mol. The van der Waals surface area contributed by atoms with Crippen molar-refractivity contribution < 1.29 is 9.53 Å². The fourth-order valence-electron chi connectivity index (χ4n) is 3.48. The zero-order valence-electron chi connectivity index (χ0n) is 12.3. The van der Waals surface area contributed by atoms with Crippen LogP contribution >= 0.6 is 11.6 Å². The summed E-state index contributed by atoms with van der Waals surface area (Å²) in [5, 5.41) is 4.05. The highest BCUT2D eigenvalue weighted by atomic mass is 35.5. The Morgan fingerprint density at radius 1 is 1.35 bits per heavy atom. The Morgan fingerprint density at radius 3 is 2.55 bits per heavy atom. The number of hydrogen-bond acceptors (Lipinski definition) is 3. The van der Waals surface area contributed by atoms with Gasteiger partial charge in [0.15, 0.2) is 0 Å². The van der Waals surface area contributed by atoms with E-state index in [9.17, 15) is 4.79 Å². The van der Waals surface area contributed by atoms with Crippen LogP contribution in [0, 0.1) is 11.8 Å². The van der Waals surface area contributed by atoms with E-state index in [-0.39, 0.29) is 5.97 Å². The third-order valence-corrected chi connectivity index (χ3v) is 4.22. The number of halogens is 1. The molecule has 2 rings (SSSR count). The fraction of sp³-hybridized carbons (Fsp3) is 0.562. The van der Waals surface area contributed by atoms with Crippen LogP contribution in [0.2, 0.25) is 5.02 Å². The van der Waals surface area contributed by atoms with Gasteiger partial charge in [0.05, 0.1) is 7.11 Å². The summed E-state index contributed by atoms with van der Waals surface area (Å²) in [5.74, 6) is 0.796. The lowest BCUT2D eigenvalue weighted by Crippen LogP contribution is -2.52. The zero-order chi connectivity index (χ0) is 14.8. The average molecular weight is 296 g/mol. The molecular formula is C16H22ClNO2. The Labute approximate surface area is 125 Å². The molecule has 0 saturated heterocycles. The molecule has 2 unspecified atom stereocenters. The highest BCUT2D eigenvalue weighted by molar-refractivity contribution is 6.30. The summed E-state index contributed by atoms with van der Waals surface area (Å²) in [7, 11) is 1.45. The smallest absolute Gasteiger partial charge is 0.331 e. The molecule has 4 heteroatoms. The molecule has 20 heavy (non-hydrogen) atoms. The molecule has 0 aromatic heterocycles. The Kier molecular flexibility index (Phi) is 4.59. The van der Waals surface area contributed by atoms with Crippen LogP contribution in [0.1, 0.15) is 33.1 Å². The van der Waals surface area contributed by atoms with Crippen molar-refractivity contribution in [1.82, 2.24) is 0 Å². The zero-order valence-corrected chi connectivity index (χ0v) is 13.0. The van der Waals surface area contributed by atoms with Crippen LogP contribution in [-0.2, 0) is 9.53 Å². The van der Waals surface area contributed by atoms with Crippen molar-refractivity contribution in [1.29, 1.82) is 0 Å². The van der Waals surface area contributed by atoms with Crippen LogP contribution in [0.3, 0.4) is 0 Å². The molecule has 110 valence electrons. The van der Waals surface area contributed by atoms with Gasteiger partial charge in [-0.15, -0.1) is 0 Å². The van der Waals surface area contributed by atoms with E-state index in [0.717, 1.165) is 24.9 Å². The lowest BCUT2D eigenvalue weighted by Gasteiger charge is -2.41. The van der Waals surface area contributed by atoms with Crippen molar-refractivity contribution in [3.05, 3.63) is 29.3 Å². The lowest BCUT2D eigenvalue weighted by atomic mass is 9.71. The van der Waals surface area contributed by atoms with Gasteiger partial charge in [-0.2, -0.15) is 0 Å². The number of ether oxygens (including phenoxy) is 1. The van der Waals surface area contributed by atoms with Crippen molar-refractivity contribution in [3.8, 4) is 0 Å². The normalized spacial score (nSPS) is 29.8. The Bertz CT molecular complexity index is 479. The topological polar surface area (TPSA) is 38.3 Å². The number of methoxy groups -OCH3 is 1. The SMILES string of the molecule is COC(=O)C1(Nc2cccc(Cl)c2)CC(C)CC(C)C1. The molecule has 0 radical (unpaired) electrons. The molecule has 1 aromatic carbocycles. The molecule has 1 aliphatic rings. The van der Waals surface area contributed by atoms with E-state index in [2.05, 4.69) is 19.2 Å². The number of esters is 1. The molecule has 1 aliphatic carbocycles. The minimum atomic E-state index is -0.642. The van der Waals surface area contributed by atoms with E-state index in [1.54, 1.807) is 0 Å². The molecule has 1 fully saturated rings. The number of nitrogens with one attached hydrogen (secondary N) is 1. The van der Waals surface area contributed by atoms with Gasteiger partial charge in [-0.3, -0.25) is 0 Å². The first-order valence-corrected chi connectivity index (χ1v) is 7.45. The van der Waals surface area contributed by atoms with E-state index in [1.807, 2.05) is 24.3 Å². The second-order valence-electron chi connectivity index (χ2n) is 6.06. The Hall–Kier alpha value is -1.22. The lowest BCUT2D eigenvalue weighted by molar-refractivity contribution is -0.148. The summed E-state index contributed by atoms with van der Waals surface area (Å²) in [5.41, 5.74) is 0.223. The molecule has 1 aromatic rings. The number of hydrogen-bond donors (Lipinski definition) is 1. The van der Waals surface area contributed by atoms with Gasteiger partial charge in [0.1, 0.15) is 5.54 Å². The van der Waals surface area contributed by atoms with E-state index < -0.39 is 5.54 Å². The summed E-state index contributed by atoms with van der Waals surface area (Å²) in [6, 6.07) is 7.48. The number of rotatable bonds is 3. The average Bonchev–Trinajstić information content (AvgIpc) is 2.36. The minimum absolute atomic E-state index is 0.184. The van der Waals surface area contributed by atoms with Crippen LogP contribution in [0.5, 0.6) is 0 Å². The molecule has 0 bridgehead atoms. The van der Waals surface area contributed by atoms with Crippen molar-refractivity contribution in [2.45, 2.75) is 38.6 Å². The molecule has 0 spiro atoms. The minimum Gasteiger partial charge on any atom is -0.467 e. The number of anilines is 1. The van der Waals surface area contributed by atoms with E-state index in [0.29, 0.717) is 16.9 Å². The first-order chi connectivity index (χ1) is 9.45. The monoisotopic (exact) mass is 295 g/mol. The van der Waals surface area contributed by atoms with Crippen molar-refractivity contribution in [2.75, 3.05) is 12.4 Å². The highest BCUT2D eigenvalue weighted by Gasteiger charge is 2.45. The summed E-state index contributed by atoms with van der Waals surface area (Å²) in [4.78, 5) is 12.4. The van der Waals surface area contributed by atoms with E-state index in [1.165, 1.54) is 7.11 Å². The van der Waals surface area contributed by atoms with Gasteiger partial charge in [-0.1, -0.05) is 31.5 Å². The fourth-order valence-corrected chi connectivity index (χ4v) is 3.67. The second-order valence-corrected chi connectivity index (χ2v) is 6.50. The summed E-state index contributed by atoms with van der Waals surface area (Å²) < 4.78 is 5.06. The van der Waals surface area contributed by atoms with Gasteiger partial charge < -0.3 is 10.1 Å². The molecule has 3 nitrogen and oxygen atoms in total. The summed E-state index contributed by atoms with van der Waals surface area (Å²) >= 11 is 6.02. The molecule has 2 atom stereocenters. The van der Waals surface area contributed by atoms with E-state index >= 15 is 0 Å². The van der Waals surface area contributed by atoms with Crippen LogP contribution < -0.4 is 5.32 Å². The van der Waals surface area contributed by atoms with Gasteiger partial charge >= 0.3 is 5.97 Å². The number of carbonyl (C=O) groups is 1. The molecule has 1 saturated carbocycles. The van der Waals surface area contributed by atoms with Gasteiger partial charge in [0.2, 0.25) is 0 Å². The second kappa shape index (κ2) is 6.04. The largest absolute Gasteiger partial charge is 0.467 e. The first-order valence-electron chi connectivity index (χ1n) is 7.07. The molecule has 1 N–H and O–H groups in total. The van der Waals surface area contributed by atoms with Crippen molar-refractivity contribution in [3.63, 3.8) is 0 Å². The number of carbonyl (C=O) groups excluding carboxylic acids is 1. The van der Waals surface area contributed by atoms with Crippen LogP contribution in [0.25, 0.3) is 0 Å². The Balaban J connectivity index is 2.30. The third-order valence-electron chi connectivity index (χ3n) is 3.98. The third kappa shape index (κ3) is 3.26. The summed E-state index contributed by atoms with van der Waals surface area (Å²) in [6.45, 7) is 4.38. The van der Waals surface area contributed by atoms with Crippen LogP contribution in [0.15, 0.2) is 24.3 Å². The maximum atomic E-state index is 12.4. The van der Waals surface area contributed by atoms with Gasteiger partial charge in [-0.05, 0) is 49.3 Å². The van der Waals surface area contributed by atoms with Crippen molar-refractivity contribution in [2.24, 2.45) is 11.8 Å². The maximum Gasteiger partial charge on any atom is 0.331 e. The van der Waals surface area contributed by atoms with Gasteiger partial charge in [0.25, 0.3) is 0 Å². The van der Waals surface area contributed by atoms with Crippen molar-refractivity contribution >= 4 is 23.3 Å². The highest BCUT2D eigenvalue weighted by Crippen LogP contribution is 2.39. The molecule has 0 aliphatic heterocycles. The van der Waals surface area contributed by atoms with Crippen LogP contribution in [0.4, 0.5) is 5.69 Å². The van der Waals surface area contributed by atoms with E-state index in [4.69, 9.17) is 16.3 Å². The summed E-state index contributed by atoms with van der Waals surface area (Å²) in [6.07, 6.45) is 2.73. The quantitative estimate of drug-likeness (QED) is 0.853. The van der Waals surface area contributed by atoms with Gasteiger partial charge in [0, 0.05) is 10.7 Å². The maximum absolute atomic E-state index is 12.4. The standard InChI is InChI=1S/C16H22ClNO2/c1-11-7-12(2)10-16(9-11,15(19)20-3)18-14-6-4-5-13(17)8-14/h4-6,8,11-12,18H,7,9-10H2,1-3H3. The molecule has 0 amide bonds. The molecule has 0 heterocycles. The molecular weight excluding hydrogens is 274 g/mol. The Morgan fingerprint density at radius 2 is 2.00 bits per heavy atom. The first kappa shape index (κ1) is 15.2.